The maximum atomic E-state index is 6.19. The van der Waals surface area contributed by atoms with Gasteiger partial charge in [0.25, 0.3) is 0 Å². The molecule has 2 heterocycles. The van der Waals surface area contributed by atoms with Gasteiger partial charge < -0.3 is 9.32 Å². The van der Waals surface area contributed by atoms with Crippen LogP contribution in [0.1, 0.15) is 23.8 Å². The van der Waals surface area contributed by atoms with Crippen LogP contribution in [0.3, 0.4) is 0 Å². The second-order valence-electron chi connectivity index (χ2n) is 6.31. The minimum Gasteiger partial charge on any atom is -0.460 e. The molecule has 0 amide bonds. The highest BCUT2D eigenvalue weighted by atomic mass is 16.3. The minimum absolute atomic E-state index is 0.0946. The van der Waals surface area contributed by atoms with Gasteiger partial charge in [-0.15, -0.1) is 0 Å². The first-order valence-electron chi connectivity index (χ1n) is 7.43. The first kappa shape index (κ1) is 12.7. The van der Waals surface area contributed by atoms with E-state index in [4.69, 9.17) is 4.42 Å². The fourth-order valence-electron chi connectivity index (χ4n) is 3.63. The van der Waals surface area contributed by atoms with Gasteiger partial charge in [-0.1, -0.05) is 42.5 Å². The number of benzene rings is 2. The van der Waals surface area contributed by atoms with Crippen molar-refractivity contribution in [3.05, 3.63) is 71.5 Å². The third-order valence-electron chi connectivity index (χ3n) is 4.61. The van der Waals surface area contributed by atoms with E-state index in [1.54, 1.807) is 0 Å². The monoisotopic (exact) mass is 277 g/mol. The summed E-state index contributed by atoms with van der Waals surface area (Å²) in [6, 6.07) is 19.2. The van der Waals surface area contributed by atoms with Crippen LogP contribution in [0.25, 0.3) is 11.0 Å². The molecule has 0 spiro atoms. The van der Waals surface area contributed by atoms with Gasteiger partial charge in [-0.25, -0.2) is 0 Å². The van der Waals surface area contributed by atoms with Gasteiger partial charge >= 0.3 is 0 Å². The van der Waals surface area contributed by atoms with E-state index < -0.39 is 0 Å². The van der Waals surface area contributed by atoms with Gasteiger partial charge in [-0.05, 0) is 37.2 Å². The van der Waals surface area contributed by atoms with Crippen LogP contribution in [0.15, 0.2) is 59.0 Å². The van der Waals surface area contributed by atoms with Gasteiger partial charge in [-0.3, -0.25) is 0 Å². The van der Waals surface area contributed by atoms with Crippen molar-refractivity contribution in [2.24, 2.45) is 0 Å². The quantitative estimate of drug-likeness (QED) is 0.663. The van der Waals surface area contributed by atoms with Crippen molar-refractivity contribution >= 4 is 11.0 Å². The smallest absolute Gasteiger partial charge is 0.134 e. The van der Waals surface area contributed by atoms with E-state index in [9.17, 15) is 0 Å². The number of para-hydroxylation sites is 1. The van der Waals surface area contributed by atoms with Crippen LogP contribution >= 0.6 is 0 Å². The van der Waals surface area contributed by atoms with Crippen LogP contribution in [0, 0.1) is 0 Å². The van der Waals surface area contributed by atoms with Gasteiger partial charge in [0.1, 0.15) is 11.3 Å². The molecule has 2 nitrogen and oxygen atoms in total. The van der Waals surface area contributed by atoms with E-state index in [-0.39, 0.29) is 5.41 Å². The van der Waals surface area contributed by atoms with Gasteiger partial charge in [-0.2, -0.15) is 0 Å². The van der Waals surface area contributed by atoms with Crippen LogP contribution < -0.4 is 0 Å². The molecule has 0 N–H and O–H groups in total. The minimum atomic E-state index is -0.0946. The Bertz CT molecular complexity index is 771. The Morgan fingerprint density at radius 3 is 2.67 bits per heavy atom. The van der Waals surface area contributed by atoms with Gasteiger partial charge in [0.15, 0.2) is 0 Å². The molecule has 1 aliphatic heterocycles. The molecule has 1 aliphatic rings. The van der Waals surface area contributed by atoms with E-state index in [1.165, 1.54) is 16.5 Å². The average Bonchev–Trinajstić information content (AvgIpc) is 2.91. The summed E-state index contributed by atoms with van der Waals surface area (Å²) in [5.41, 5.74) is 3.67. The molecule has 3 aromatic rings. The van der Waals surface area contributed by atoms with Crippen molar-refractivity contribution in [1.82, 2.24) is 4.90 Å². The van der Waals surface area contributed by atoms with Crippen LogP contribution in [0.5, 0.6) is 0 Å². The summed E-state index contributed by atoms with van der Waals surface area (Å²) in [5.74, 6) is 1.06. The fourth-order valence-corrected chi connectivity index (χ4v) is 3.63. The highest BCUT2D eigenvalue weighted by Gasteiger charge is 2.38. The van der Waals surface area contributed by atoms with E-state index in [2.05, 4.69) is 61.3 Å². The molecule has 4 rings (SSSR count). The molecule has 0 bridgehead atoms. The van der Waals surface area contributed by atoms with Crippen LogP contribution in [0.2, 0.25) is 0 Å². The number of hydrogen-bond acceptors (Lipinski definition) is 2. The van der Waals surface area contributed by atoms with E-state index in [0.717, 1.165) is 24.4 Å². The molecule has 1 unspecified atom stereocenters. The Hall–Kier alpha value is -2.06. The van der Waals surface area contributed by atoms with Crippen molar-refractivity contribution in [3.63, 3.8) is 0 Å². The van der Waals surface area contributed by atoms with Crippen molar-refractivity contribution in [2.45, 2.75) is 18.9 Å². The Kier molecular flexibility index (Phi) is 2.69. The number of nitrogens with zero attached hydrogens (tertiary/aromatic N) is 1. The summed E-state index contributed by atoms with van der Waals surface area (Å²) in [6.07, 6.45) is 0. The normalized spacial score (nSPS) is 22.4. The molecule has 0 aliphatic carbocycles. The zero-order valence-corrected chi connectivity index (χ0v) is 12.5. The van der Waals surface area contributed by atoms with Crippen molar-refractivity contribution in [3.8, 4) is 0 Å². The zero-order chi connectivity index (χ0) is 14.4. The lowest BCUT2D eigenvalue weighted by Gasteiger charge is -2.39. The number of rotatable bonds is 1. The van der Waals surface area contributed by atoms with Crippen molar-refractivity contribution in [1.29, 1.82) is 0 Å². The molecular weight excluding hydrogens is 258 g/mol. The zero-order valence-electron chi connectivity index (χ0n) is 12.5. The van der Waals surface area contributed by atoms with Gasteiger partial charge in [0.05, 0.1) is 5.41 Å². The fraction of sp³-hybridized carbons (Fsp3) is 0.263. The summed E-state index contributed by atoms with van der Waals surface area (Å²) >= 11 is 0. The highest BCUT2D eigenvalue weighted by molar-refractivity contribution is 5.78. The predicted molar refractivity (Wildman–Crippen MR) is 85.4 cm³/mol. The van der Waals surface area contributed by atoms with Gasteiger partial charge in [0.2, 0.25) is 0 Å². The Morgan fingerprint density at radius 2 is 1.81 bits per heavy atom. The molecular formula is C19H19NO. The van der Waals surface area contributed by atoms with E-state index >= 15 is 0 Å². The molecule has 106 valence electrons. The summed E-state index contributed by atoms with van der Waals surface area (Å²) in [5, 5.41) is 1.18. The summed E-state index contributed by atoms with van der Waals surface area (Å²) < 4.78 is 6.19. The Balaban J connectivity index is 1.93. The third-order valence-corrected chi connectivity index (χ3v) is 4.61. The van der Waals surface area contributed by atoms with Crippen LogP contribution in [0.4, 0.5) is 0 Å². The Labute approximate surface area is 125 Å². The van der Waals surface area contributed by atoms with Crippen molar-refractivity contribution in [2.75, 3.05) is 13.6 Å². The lowest BCUT2D eigenvalue weighted by atomic mass is 9.75. The first-order chi connectivity index (χ1) is 10.2. The maximum absolute atomic E-state index is 6.19. The molecule has 1 aromatic heterocycles. The third kappa shape index (κ3) is 1.90. The summed E-state index contributed by atoms with van der Waals surface area (Å²) in [6.45, 7) is 4.27. The maximum Gasteiger partial charge on any atom is 0.134 e. The number of hydrogen-bond donors (Lipinski definition) is 0. The van der Waals surface area contributed by atoms with Crippen molar-refractivity contribution < 1.29 is 4.42 Å². The first-order valence-corrected chi connectivity index (χ1v) is 7.43. The molecule has 0 fully saturated rings. The molecule has 0 saturated heterocycles. The lowest BCUT2D eigenvalue weighted by Crippen LogP contribution is -2.42. The predicted octanol–water partition coefficient (Wildman–Crippen LogP) is 4.18. The van der Waals surface area contributed by atoms with Gasteiger partial charge in [0, 0.05) is 18.5 Å². The van der Waals surface area contributed by atoms with E-state index in [1.807, 2.05) is 12.1 Å². The standard InChI is InChI=1S/C19H19NO/c1-19(18-11-14-7-4-6-10-17(14)21-18)13-20(2)12-15-8-3-5-9-16(15)19/h3-11H,12-13H2,1-2H3. The summed E-state index contributed by atoms with van der Waals surface area (Å²) in [4.78, 5) is 2.37. The second-order valence-corrected chi connectivity index (χ2v) is 6.31. The van der Waals surface area contributed by atoms with E-state index in [0.29, 0.717) is 0 Å². The number of likely N-dealkylation sites (N-methyl/N-ethyl adjacent to an activating group) is 1. The second kappa shape index (κ2) is 4.47. The Morgan fingerprint density at radius 1 is 1.05 bits per heavy atom. The van der Waals surface area contributed by atoms with Crippen LogP contribution in [-0.4, -0.2) is 18.5 Å². The molecule has 2 heteroatoms. The SMILES string of the molecule is CN1Cc2ccccc2C(C)(c2cc3ccccc3o2)C1. The topological polar surface area (TPSA) is 16.4 Å². The molecule has 2 aromatic carbocycles. The number of fused-ring (bicyclic) bond motifs is 2. The highest BCUT2D eigenvalue weighted by Crippen LogP contribution is 2.40. The lowest BCUT2D eigenvalue weighted by molar-refractivity contribution is 0.229. The molecule has 21 heavy (non-hydrogen) atoms. The molecule has 1 atom stereocenters. The van der Waals surface area contributed by atoms with Crippen LogP contribution in [-0.2, 0) is 12.0 Å². The summed E-state index contributed by atoms with van der Waals surface area (Å²) in [7, 11) is 2.18. The largest absolute Gasteiger partial charge is 0.460 e. The molecule has 0 saturated carbocycles. The average molecular weight is 277 g/mol. The molecule has 0 radical (unpaired) electrons. The number of furan rings is 1.